The van der Waals surface area contributed by atoms with Crippen molar-refractivity contribution < 1.29 is 9.53 Å². The quantitative estimate of drug-likeness (QED) is 0.518. The highest BCUT2D eigenvalue weighted by Crippen LogP contribution is 2.38. The number of hydrogen-bond donors (Lipinski definition) is 1. The van der Waals surface area contributed by atoms with Gasteiger partial charge in [0.1, 0.15) is 6.61 Å². The zero-order valence-corrected chi connectivity index (χ0v) is 14.2. The minimum Gasteiger partial charge on any atom is -0.444 e. The second kappa shape index (κ2) is 6.61. The molecular formula is C21H16ClNO2. The molecular weight excluding hydrogens is 334 g/mol. The van der Waals surface area contributed by atoms with Crippen molar-refractivity contribution in [2.75, 3.05) is 5.32 Å². The molecule has 0 saturated carbocycles. The van der Waals surface area contributed by atoms with Crippen LogP contribution in [0.25, 0.3) is 11.1 Å². The van der Waals surface area contributed by atoms with E-state index < -0.39 is 6.09 Å². The molecule has 0 aliphatic heterocycles. The summed E-state index contributed by atoms with van der Waals surface area (Å²) < 4.78 is 5.40. The van der Waals surface area contributed by atoms with Crippen molar-refractivity contribution in [3.8, 4) is 11.1 Å². The molecule has 1 aliphatic carbocycles. The first-order valence-electron chi connectivity index (χ1n) is 8.09. The van der Waals surface area contributed by atoms with Crippen LogP contribution >= 0.6 is 11.6 Å². The van der Waals surface area contributed by atoms with Gasteiger partial charge in [-0.3, -0.25) is 5.32 Å². The third kappa shape index (κ3) is 3.24. The SMILES string of the molecule is O=C(Nc1ccc(Cl)cc1)OCc1cccc2c1Cc1ccccc1-2. The van der Waals surface area contributed by atoms with Gasteiger partial charge in [-0.1, -0.05) is 54.1 Å². The summed E-state index contributed by atoms with van der Waals surface area (Å²) in [7, 11) is 0. The second-order valence-electron chi connectivity index (χ2n) is 5.99. The number of amides is 1. The van der Waals surface area contributed by atoms with Crippen LogP contribution in [0.4, 0.5) is 10.5 Å². The van der Waals surface area contributed by atoms with E-state index in [4.69, 9.17) is 16.3 Å². The van der Waals surface area contributed by atoms with Gasteiger partial charge in [0.15, 0.2) is 0 Å². The lowest BCUT2D eigenvalue weighted by Crippen LogP contribution is -2.14. The summed E-state index contributed by atoms with van der Waals surface area (Å²) in [5, 5.41) is 3.33. The van der Waals surface area contributed by atoms with Crippen LogP contribution in [0.3, 0.4) is 0 Å². The van der Waals surface area contributed by atoms with Gasteiger partial charge < -0.3 is 4.74 Å². The molecule has 0 atom stereocenters. The topological polar surface area (TPSA) is 38.3 Å². The number of rotatable bonds is 3. The molecule has 1 amide bonds. The number of ether oxygens (including phenoxy) is 1. The molecule has 124 valence electrons. The summed E-state index contributed by atoms with van der Waals surface area (Å²) in [5.41, 5.74) is 6.75. The Balaban J connectivity index is 1.46. The van der Waals surface area contributed by atoms with E-state index >= 15 is 0 Å². The maximum Gasteiger partial charge on any atom is 0.411 e. The molecule has 0 spiro atoms. The van der Waals surface area contributed by atoms with Crippen molar-refractivity contribution in [2.24, 2.45) is 0 Å². The molecule has 4 heteroatoms. The Kier molecular flexibility index (Phi) is 4.16. The van der Waals surface area contributed by atoms with Crippen molar-refractivity contribution in [2.45, 2.75) is 13.0 Å². The molecule has 0 saturated heterocycles. The first kappa shape index (κ1) is 15.7. The third-order valence-electron chi connectivity index (χ3n) is 4.40. The van der Waals surface area contributed by atoms with E-state index in [-0.39, 0.29) is 6.61 Å². The Hall–Kier alpha value is -2.78. The molecule has 0 bridgehead atoms. The fourth-order valence-corrected chi connectivity index (χ4v) is 3.32. The lowest BCUT2D eigenvalue weighted by molar-refractivity contribution is 0.155. The van der Waals surface area contributed by atoms with E-state index in [2.05, 4.69) is 35.6 Å². The van der Waals surface area contributed by atoms with Gasteiger partial charge in [0.25, 0.3) is 0 Å². The van der Waals surface area contributed by atoms with Crippen LogP contribution in [-0.4, -0.2) is 6.09 Å². The lowest BCUT2D eigenvalue weighted by Gasteiger charge is -2.10. The van der Waals surface area contributed by atoms with E-state index in [1.807, 2.05) is 12.1 Å². The first-order valence-corrected chi connectivity index (χ1v) is 8.47. The number of anilines is 1. The van der Waals surface area contributed by atoms with Gasteiger partial charge in [0.2, 0.25) is 0 Å². The number of carbonyl (C=O) groups is 1. The molecule has 0 unspecified atom stereocenters. The molecule has 3 nitrogen and oxygen atoms in total. The van der Waals surface area contributed by atoms with E-state index in [1.54, 1.807) is 24.3 Å². The average molecular weight is 350 g/mol. The standard InChI is InChI=1S/C21H16ClNO2/c22-16-8-10-17(11-9-16)23-21(24)25-13-15-5-3-7-19-18-6-2-1-4-14(18)12-20(15)19/h1-11H,12-13H2,(H,23,24). The summed E-state index contributed by atoms with van der Waals surface area (Å²) >= 11 is 5.84. The number of carbonyl (C=O) groups excluding carboxylic acids is 1. The average Bonchev–Trinajstić information content (AvgIpc) is 3.01. The van der Waals surface area contributed by atoms with Gasteiger partial charge in [0, 0.05) is 10.7 Å². The van der Waals surface area contributed by atoms with Crippen LogP contribution in [0.2, 0.25) is 5.02 Å². The minimum absolute atomic E-state index is 0.247. The maximum absolute atomic E-state index is 12.0. The highest BCUT2D eigenvalue weighted by Gasteiger charge is 2.20. The zero-order chi connectivity index (χ0) is 17.2. The second-order valence-corrected chi connectivity index (χ2v) is 6.42. The van der Waals surface area contributed by atoms with E-state index in [0.717, 1.165) is 12.0 Å². The summed E-state index contributed by atoms with van der Waals surface area (Å²) in [6, 6.07) is 21.5. The zero-order valence-electron chi connectivity index (χ0n) is 13.5. The number of hydrogen-bond acceptors (Lipinski definition) is 2. The van der Waals surface area contributed by atoms with Crippen LogP contribution in [0.5, 0.6) is 0 Å². The maximum atomic E-state index is 12.0. The number of fused-ring (bicyclic) bond motifs is 3. The van der Waals surface area contributed by atoms with Crippen molar-refractivity contribution in [1.29, 1.82) is 0 Å². The summed E-state index contributed by atoms with van der Waals surface area (Å²) in [6.07, 6.45) is 0.402. The molecule has 0 fully saturated rings. The number of benzene rings is 3. The van der Waals surface area contributed by atoms with Crippen LogP contribution in [0.15, 0.2) is 66.7 Å². The Labute approximate surface area is 151 Å². The normalized spacial score (nSPS) is 11.6. The van der Waals surface area contributed by atoms with Crippen molar-refractivity contribution in [3.05, 3.63) is 88.4 Å². The molecule has 3 aromatic carbocycles. The lowest BCUT2D eigenvalue weighted by atomic mass is 10.0. The van der Waals surface area contributed by atoms with Crippen molar-refractivity contribution in [1.82, 2.24) is 0 Å². The highest BCUT2D eigenvalue weighted by molar-refractivity contribution is 6.30. The van der Waals surface area contributed by atoms with E-state index in [9.17, 15) is 4.79 Å². The molecule has 0 radical (unpaired) electrons. The summed E-state index contributed by atoms with van der Waals surface area (Å²) in [4.78, 5) is 12.0. The minimum atomic E-state index is -0.476. The van der Waals surface area contributed by atoms with Crippen molar-refractivity contribution >= 4 is 23.4 Å². The van der Waals surface area contributed by atoms with Crippen LogP contribution in [0, 0.1) is 0 Å². The largest absolute Gasteiger partial charge is 0.444 e. The fraction of sp³-hybridized carbons (Fsp3) is 0.0952. The first-order chi connectivity index (χ1) is 12.2. The van der Waals surface area contributed by atoms with Gasteiger partial charge in [-0.2, -0.15) is 0 Å². The predicted octanol–water partition coefficient (Wildman–Crippen LogP) is 5.66. The third-order valence-corrected chi connectivity index (χ3v) is 4.65. The van der Waals surface area contributed by atoms with Gasteiger partial charge >= 0.3 is 6.09 Å². The molecule has 1 N–H and O–H groups in total. The predicted molar refractivity (Wildman–Crippen MR) is 99.9 cm³/mol. The Morgan fingerprint density at radius 3 is 2.56 bits per heavy atom. The summed E-state index contributed by atoms with van der Waals surface area (Å²) in [6.45, 7) is 0.247. The van der Waals surface area contributed by atoms with Gasteiger partial charge in [-0.05, 0) is 58.5 Å². The Morgan fingerprint density at radius 2 is 1.72 bits per heavy atom. The van der Waals surface area contributed by atoms with Gasteiger partial charge in [-0.15, -0.1) is 0 Å². The number of halogens is 1. The monoisotopic (exact) mass is 349 g/mol. The molecule has 3 aromatic rings. The highest BCUT2D eigenvalue weighted by atomic mass is 35.5. The smallest absolute Gasteiger partial charge is 0.411 e. The Bertz CT molecular complexity index is 935. The molecule has 4 rings (SSSR count). The molecule has 25 heavy (non-hydrogen) atoms. The number of nitrogens with one attached hydrogen (secondary N) is 1. The summed E-state index contributed by atoms with van der Waals surface area (Å²) in [5.74, 6) is 0. The van der Waals surface area contributed by atoms with Crippen molar-refractivity contribution in [3.63, 3.8) is 0 Å². The van der Waals surface area contributed by atoms with E-state index in [1.165, 1.54) is 22.3 Å². The van der Waals surface area contributed by atoms with Crippen LogP contribution < -0.4 is 5.32 Å². The fourth-order valence-electron chi connectivity index (χ4n) is 3.19. The van der Waals surface area contributed by atoms with Gasteiger partial charge in [-0.25, -0.2) is 4.79 Å². The molecule has 1 aliphatic rings. The van der Waals surface area contributed by atoms with Gasteiger partial charge in [0.05, 0.1) is 0 Å². The van der Waals surface area contributed by atoms with Crippen LogP contribution in [-0.2, 0) is 17.8 Å². The molecule has 0 aromatic heterocycles. The van der Waals surface area contributed by atoms with Crippen LogP contribution in [0.1, 0.15) is 16.7 Å². The Morgan fingerprint density at radius 1 is 0.960 bits per heavy atom. The molecule has 0 heterocycles. The van der Waals surface area contributed by atoms with E-state index in [0.29, 0.717) is 10.7 Å².